The first kappa shape index (κ1) is 28.3. The van der Waals surface area contributed by atoms with E-state index in [-0.39, 0.29) is 5.56 Å². The van der Waals surface area contributed by atoms with Crippen molar-refractivity contribution < 1.29 is 14.2 Å². The van der Waals surface area contributed by atoms with E-state index in [1.54, 1.807) is 26.0 Å². The van der Waals surface area contributed by atoms with Gasteiger partial charge in [0.15, 0.2) is 17.2 Å². The van der Waals surface area contributed by atoms with Gasteiger partial charge in [-0.2, -0.15) is 5.10 Å². The summed E-state index contributed by atoms with van der Waals surface area (Å²) in [6.45, 7) is 1.90. The van der Waals surface area contributed by atoms with Crippen molar-refractivity contribution in [3.8, 4) is 34.2 Å². The molecule has 0 saturated heterocycles. The fourth-order valence-electron chi connectivity index (χ4n) is 5.51. The van der Waals surface area contributed by atoms with Crippen LogP contribution in [0.5, 0.6) is 17.2 Å². The van der Waals surface area contributed by atoms with Gasteiger partial charge in [-0.1, -0.05) is 42.5 Å². The lowest BCUT2D eigenvalue weighted by Gasteiger charge is -2.18. The lowest BCUT2D eigenvalue weighted by molar-refractivity contribution is 0.324. The number of benzene rings is 3. The Morgan fingerprint density at radius 3 is 2.28 bits per heavy atom. The molecule has 3 aromatic carbocycles. The zero-order chi connectivity index (χ0) is 30.1. The highest BCUT2D eigenvalue weighted by molar-refractivity contribution is 7.07. The number of methoxy groups -OCH3 is 3. The third kappa shape index (κ3) is 5.08. The molecule has 0 bridgehead atoms. The molecule has 43 heavy (non-hydrogen) atoms. The van der Waals surface area contributed by atoms with E-state index in [1.807, 2.05) is 77.2 Å². The second kappa shape index (κ2) is 11.8. The minimum Gasteiger partial charge on any atom is -0.493 e. The van der Waals surface area contributed by atoms with Crippen molar-refractivity contribution in [3.05, 3.63) is 104 Å². The van der Waals surface area contributed by atoms with Crippen LogP contribution in [0.15, 0.2) is 87.0 Å². The predicted octanol–water partition coefficient (Wildman–Crippen LogP) is 5.86. The minimum atomic E-state index is -0.198. The van der Waals surface area contributed by atoms with Crippen molar-refractivity contribution in [2.45, 2.75) is 26.2 Å². The molecule has 0 fully saturated rings. The Balaban J connectivity index is 1.61. The molecule has 0 amide bonds. The van der Waals surface area contributed by atoms with Gasteiger partial charge in [-0.05, 0) is 56.0 Å². The molecular weight excluding hydrogens is 562 g/mol. The first-order valence-electron chi connectivity index (χ1n) is 14.0. The molecule has 0 radical (unpaired) electrons. The molecule has 10 heteroatoms. The van der Waals surface area contributed by atoms with Crippen LogP contribution in [-0.2, 0) is 13.5 Å². The van der Waals surface area contributed by atoms with Crippen LogP contribution in [0.3, 0.4) is 0 Å². The van der Waals surface area contributed by atoms with Gasteiger partial charge in [0.2, 0.25) is 10.6 Å². The monoisotopic (exact) mass is 595 g/mol. The molecule has 0 aliphatic heterocycles. The van der Waals surface area contributed by atoms with Gasteiger partial charge in [0.25, 0.3) is 5.56 Å². The van der Waals surface area contributed by atoms with Gasteiger partial charge < -0.3 is 14.2 Å². The Morgan fingerprint density at radius 2 is 1.58 bits per heavy atom. The maximum atomic E-state index is 13.8. The summed E-state index contributed by atoms with van der Waals surface area (Å²) >= 11 is 1.42. The van der Waals surface area contributed by atoms with Crippen molar-refractivity contribution in [1.29, 1.82) is 0 Å². The third-order valence-corrected chi connectivity index (χ3v) is 8.60. The van der Waals surface area contributed by atoms with E-state index in [0.29, 0.717) is 27.7 Å². The summed E-state index contributed by atoms with van der Waals surface area (Å²) < 4.78 is 22.2. The van der Waals surface area contributed by atoms with Crippen molar-refractivity contribution in [3.63, 3.8) is 0 Å². The third-order valence-electron chi connectivity index (χ3n) is 7.79. The van der Waals surface area contributed by atoms with E-state index in [0.717, 1.165) is 53.2 Å². The van der Waals surface area contributed by atoms with Gasteiger partial charge in [0, 0.05) is 23.6 Å². The highest BCUT2D eigenvalue weighted by Crippen LogP contribution is 2.41. The summed E-state index contributed by atoms with van der Waals surface area (Å²) in [7, 11) is 6.64. The SMILES string of the molecule is COc1cc(-c2csc(=Nc3c(C)n(C)n(-c4ccccc4)c3=O)n2N=C2CCCc3ccccc32)cc(OC)c1OC. The summed E-state index contributed by atoms with van der Waals surface area (Å²) in [5, 5.41) is 7.21. The molecule has 1 aliphatic rings. The standard InChI is InChI=1S/C33H33N5O4S/c1-21-30(32(39)38(36(21)2)24-14-7-6-8-15-24)34-33-37(35-26-17-11-13-22-12-9-10-16-25(22)26)27(20-43-33)23-18-28(40-3)31(42-5)29(19-23)41-4/h6-10,12,14-16,18-20H,11,13,17H2,1-5H3. The summed E-state index contributed by atoms with van der Waals surface area (Å²) in [4.78, 5) is 19.3. The zero-order valence-corrected chi connectivity index (χ0v) is 25.6. The lowest BCUT2D eigenvalue weighted by Crippen LogP contribution is -2.20. The van der Waals surface area contributed by atoms with E-state index in [9.17, 15) is 4.79 Å². The number of aryl methyl sites for hydroxylation is 1. The number of fused-ring (bicyclic) bond motifs is 1. The van der Waals surface area contributed by atoms with Gasteiger partial charge in [-0.25, -0.2) is 14.4 Å². The van der Waals surface area contributed by atoms with Gasteiger partial charge >= 0.3 is 0 Å². The summed E-state index contributed by atoms with van der Waals surface area (Å²) in [5.74, 6) is 1.58. The number of ether oxygens (including phenoxy) is 3. The molecule has 2 heterocycles. The molecule has 2 aromatic heterocycles. The molecule has 0 saturated carbocycles. The number of rotatable bonds is 7. The first-order valence-corrected chi connectivity index (χ1v) is 14.9. The normalized spacial score (nSPS) is 14.2. The summed E-state index contributed by atoms with van der Waals surface area (Å²) in [6, 6.07) is 21.8. The van der Waals surface area contributed by atoms with Crippen molar-refractivity contribution >= 4 is 22.7 Å². The van der Waals surface area contributed by atoms with Crippen LogP contribution in [0.4, 0.5) is 5.69 Å². The van der Waals surface area contributed by atoms with Crippen molar-refractivity contribution in [1.82, 2.24) is 14.0 Å². The van der Waals surface area contributed by atoms with E-state index in [1.165, 1.54) is 16.9 Å². The maximum absolute atomic E-state index is 13.8. The van der Waals surface area contributed by atoms with E-state index < -0.39 is 0 Å². The predicted molar refractivity (Wildman–Crippen MR) is 170 cm³/mol. The molecular formula is C33H33N5O4S. The van der Waals surface area contributed by atoms with Gasteiger partial charge in [-0.15, -0.1) is 11.3 Å². The topological polar surface area (TPSA) is 84.3 Å². The Kier molecular flexibility index (Phi) is 7.77. The molecule has 0 spiro atoms. The Labute approximate surface area is 253 Å². The van der Waals surface area contributed by atoms with Crippen molar-refractivity contribution in [2.24, 2.45) is 17.1 Å². The second-order valence-corrected chi connectivity index (χ2v) is 11.0. The van der Waals surface area contributed by atoms with Gasteiger partial charge in [0.05, 0.1) is 44.1 Å². The van der Waals surface area contributed by atoms with Gasteiger partial charge in [-0.3, -0.25) is 9.48 Å². The maximum Gasteiger partial charge on any atom is 0.297 e. The number of hydrogen-bond acceptors (Lipinski definition) is 7. The van der Waals surface area contributed by atoms with Crippen LogP contribution < -0.4 is 24.6 Å². The number of hydrogen-bond donors (Lipinski definition) is 0. The average molecular weight is 596 g/mol. The van der Waals surface area contributed by atoms with Crippen LogP contribution in [0.25, 0.3) is 16.9 Å². The summed E-state index contributed by atoms with van der Waals surface area (Å²) in [6.07, 6.45) is 2.86. The van der Waals surface area contributed by atoms with Gasteiger partial charge in [0.1, 0.15) is 0 Å². The number of aromatic nitrogens is 3. The van der Waals surface area contributed by atoms with Crippen molar-refractivity contribution in [2.75, 3.05) is 21.3 Å². The quantitative estimate of drug-likeness (QED) is 0.236. The Hall–Kier alpha value is -4.83. The summed E-state index contributed by atoms with van der Waals surface area (Å²) in [5.41, 5.74) is 6.68. The molecule has 220 valence electrons. The molecule has 9 nitrogen and oxygen atoms in total. The Morgan fingerprint density at radius 1 is 0.884 bits per heavy atom. The molecule has 0 N–H and O–H groups in total. The molecule has 6 rings (SSSR count). The van der Waals surface area contributed by atoms with Crippen LogP contribution >= 0.6 is 11.3 Å². The molecule has 0 unspecified atom stereocenters. The molecule has 5 aromatic rings. The minimum absolute atomic E-state index is 0.198. The fraction of sp³-hybridized carbons (Fsp3) is 0.242. The smallest absolute Gasteiger partial charge is 0.297 e. The van der Waals surface area contributed by atoms with Crippen LogP contribution in [0.2, 0.25) is 0 Å². The zero-order valence-electron chi connectivity index (χ0n) is 24.8. The number of nitrogens with zero attached hydrogens (tertiary/aromatic N) is 5. The van der Waals surface area contributed by atoms with Crippen LogP contribution in [0.1, 0.15) is 29.7 Å². The fourth-order valence-corrected chi connectivity index (χ4v) is 6.34. The lowest BCUT2D eigenvalue weighted by atomic mass is 9.90. The van der Waals surface area contributed by atoms with Crippen LogP contribution in [0, 0.1) is 6.92 Å². The highest BCUT2D eigenvalue weighted by atomic mass is 32.1. The molecule has 0 atom stereocenters. The second-order valence-electron chi connectivity index (χ2n) is 10.2. The van der Waals surface area contributed by atoms with Crippen LogP contribution in [-0.4, -0.2) is 41.1 Å². The largest absolute Gasteiger partial charge is 0.493 e. The number of para-hydroxylation sites is 1. The molecule has 1 aliphatic carbocycles. The first-order chi connectivity index (χ1) is 20.9. The highest BCUT2D eigenvalue weighted by Gasteiger charge is 2.21. The van der Waals surface area contributed by atoms with E-state index in [4.69, 9.17) is 24.3 Å². The van der Waals surface area contributed by atoms with E-state index >= 15 is 0 Å². The van der Waals surface area contributed by atoms with E-state index in [2.05, 4.69) is 18.2 Å². The Bertz CT molecular complexity index is 1940. The number of thiazole rings is 1. The average Bonchev–Trinajstić information content (AvgIpc) is 3.53.